The molecule has 6 heteroatoms. The second kappa shape index (κ2) is 6.66. The highest BCUT2D eigenvalue weighted by atomic mass is 16.5. The lowest BCUT2D eigenvalue weighted by molar-refractivity contribution is 0.0232. The van der Waals surface area contributed by atoms with Crippen molar-refractivity contribution >= 4 is 11.7 Å². The Bertz CT molecular complexity index is 564. The van der Waals surface area contributed by atoms with Gasteiger partial charge in [-0.3, -0.25) is 0 Å². The van der Waals surface area contributed by atoms with Gasteiger partial charge in [-0.15, -0.1) is 0 Å². The van der Waals surface area contributed by atoms with E-state index in [0.29, 0.717) is 17.2 Å². The topological polar surface area (TPSA) is 60.0 Å². The van der Waals surface area contributed by atoms with Crippen LogP contribution in [0.2, 0.25) is 0 Å². The van der Waals surface area contributed by atoms with E-state index < -0.39 is 0 Å². The van der Waals surface area contributed by atoms with Crippen LogP contribution in [0.15, 0.2) is 18.2 Å². The number of carbonyl (C=O) groups excluding carboxylic acids is 1. The quantitative estimate of drug-likeness (QED) is 0.927. The van der Waals surface area contributed by atoms with Crippen LogP contribution in [0.25, 0.3) is 0 Å². The standard InChI is InChI=1S/C17H24N2O4/c1-21-13-9-11-7-8-12(10-13)19(11)17(20)18-14-5-4-6-15(22-2)16(14)23-3/h4-6,11-13H,7-10H2,1-3H3,(H,18,20). The number of benzene rings is 1. The summed E-state index contributed by atoms with van der Waals surface area (Å²) in [5.41, 5.74) is 0.630. The maximum Gasteiger partial charge on any atom is 0.322 e. The average molecular weight is 320 g/mol. The summed E-state index contributed by atoms with van der Waals surface area (Å²) in [6.07, 6.45) is 4.19. The van der Waals surface area contributed by atoms with Gasteiger partial charge in [-0.25, -0.2) is 4.79 Å². The molecule has 1 N–H and O–H groups in total. The van der Waals surface area contributed by atoms with Crippen LogP contribution in [0.1, 0.15) is 25.7 Å². The Labute approximate surface area is 136 Å². The van der Waals surface area contributed by atoms with Crippen LogP contribution in [0.5, 0.6) is 11.5 Å². The molecule has 2 aliphatic heterocycles. The highest BCUT2D eigenvalue weighted by Gasteiger charge is 2.43. The van der Waals surface area contributed by atoms with E-state index in [1.54, 1.807) is 21.3 Å². The first kappa shape index (κ1) is 15.9. The molecule has 23 heavy (non-hydrogen) atoms. The number of methoxy groups -OCH3 is 3. The summed E-state index contributed by atoms with van der Waals surface area (Å²) >= 11 is 0. The Morgan fingerprint density at radius 2 is 1.83 bits per heavy atom. The summed E-state index contributed by atoms with van der Waals surface area (Å²) < 4.78 is 16.2. The molecular weight excluding hydrogens is 296 g/mol. The van der Waals surface area contributed by atoms with E-state index in [9.17, 15) is 4.79 Å². The third-order valence-corrected chi connectivity index (χ3v) is 4.90. The largest absolute Gasteiger partial charge is 0.493 e. The molecule has 0 aliphatic carbocycles. The molecule has 2 unspecified atom stereocenters. The number of rotatable bonds is 4. The van der Waals surface area contributed by atoms with Gasteiger partial charge in [0.25, 0.3) is 0 Å². The fourth-order valence-electron chi connectivity index (χ4n) is 3.82. The minimum absolute atomic E-state index is 0.0707. The molecule has 2 fully saturated rings. The normalized spacial score (nSPS) is 26.0. The van der Waals surface area contributed by atoms with Gasteiger partial charge in [0, 0.05) is 19.2 Å². The molecule has 2 atom stereocenters. The van der Waals surface area contributed by atoms with Crippen LogP contribution in [0.4, 0.5) is 10.5 Å². The molecule has 0 spiro atoms. The molecule has 0 radical (unpaired) electrons. The van der Waals surface area contributed by atoms with Crippen molar-refractivity contribution in [1.82, 2.24) is 4.90 Å². The predicted octanol–water partition coefficient (Wildman–Crippen LogP) is 2.88. The van der Waals surface area contributed by atoms with Gasteiger partial charge in [0.2, 0.25) is 0 Å². The zero-order valence-corrected chi connectivity index (χ0v) is 13.9. The summed E-state index contributed by atoms with van der Waals surface area (Å²) in [6.45, 7) is 0. The van der Waals surface area contributed by atoms with Crippen molar-refractivity contribution in [3.63, 3.8) is 0 Å². The summed E-state index contributed by atoms with van der Waals surface area (Å²) in [4.78, 5) is 14.7. The van der Waals surface area contributed by atoms with E-state index in [-0.39, 0.29) is 24.2 Å². The first-order chi connectivity index (χ1) is 11.2. The summed E-state index contributed by atoms with van der Waals surface area (Å²) in [5.74, 6) is 1.15. The van der Waals surface area contributed by atoms with Crippen molar-refractivity contribution in [1.29, 1.82) is 0 Å². The lowest BCUT2D eigenvalue weighted by atomic mass is 10.0. The Kier molecular flexibility index (Phi) is 4.61. The van der Waals surface area contributed by atoms with Gasteiger partial charge in [-0.1, -0.05) is 6.07 Å². The van der Waals surface area contributed by atoms with Crippen LogP contribution in [-0.2, 0) is 4.74 Å². The number of nitrogens with one attached hydrogen (secondary N) is 1. The molecule has 3 rings (SSSR count). The average Bonchev–Trinajstić information content (AvgIpc) is 2.84. The van der Waals surface area contributed by atoms with E-state index in [0.717, 1.165) is 25.7 Å². The van der Waals surface area contributed by atoms with Crippen molar-refractivity contribution in [2.75, 3.05) is 26.6 Å². The zero-order chi connectivity index (χ0) is 16.4. The van der Waals surface area contributed by atoms with Gasteiger partial charge in [0.15, 0.2) is 11.5 Å². The number of nitrogens with zero attached hydrogens (tertiary/aromatic N) is 1. The van der Waals surface area contributed by atoms with E-state index in [2.05, 4.69) is 5.32 Å². The van der Waals surface area contributed by atoms with Gasteiger partial charge < -0.3 is 24.4 Å². The second-order valence-electron chi connectivity index (χ2n) is 6.09. The van der Waals surface area contributed by atoms with Crippen LogP contribution in [0, 0.1) is 0 Å². The van der Waals surface area contributed by atoms with Crippen LogP contribution < -0.4 is 14.8 Å². The Morgan fingerprint density at radius 3 is 2.39 bits per heavy atom. The smallest absolute Gasteiger partial charge is 0.322 e. The first-order valence-electron chi connectivity index (χ1n) is 8.01. The lowest BCUT2D eigenvalue weighted by Crippen LogP contribution is -2.50. The summed E-state index contributed by atoms with van der Waals surface area (Å²) in [7, 11) is 4.90. The molecule has 2 aliphatic rings. The van der Waals surface area contributed by atoms with Crippen molar-refractivity contribution in [3.05, 3.63) is 18.2 Å². The third-order valence-electron chi connectivity index (χ3n) is 4.90. The number of fused-ring (bicyclic) bond motifs is 2. The van der Waals surface area contributed by atoms with Gasteiger partial charge in [-0.2, -0.15) is 0 Å². The van der Waals surface area contributed by atoms with E-state index in [1.807, 2.05) is 23.1 Å². The SMILES string of the molecule is COc1cccc(NC(=O)N2C3CCC2CC(OC)C3)c1OC. The molecular formula is C17H24N2O4. The second-order valence-corrected chi connectivity index (χ2v) is 6.09. The number of ether oxygens (including phenoxy) is 3. The number of amides is 2. The van der Waals surface area contributed by atoms with Gasteiger partial charge in [0.1, 0.15) is 0 Å². The van der Waals surface area contributed by atoms with Crippen molar-refractivity contribution in [3.8, 4) is 11.5 Å². The van der Waals surface area contributed by atoms with Gasteiger partial charge in [-0.05, 0) is 37.8 Å². The predicted molar refractivity (Wildman–Crippen MR) is 87.2 cm³/mol. The number of piperidine rings is 1. The fourth-order valence-corrected chi connectivity index (χ4v) is 3.82. The van der Waals surface area contributed by atoms with Gasteiger partial charge >= 0.3 is 6.03 Å². The zero-order valence-electron chi connectivity index (χ0n) is 13.9. The number of hydrogen-bond donors (Lipinski definition) is 1. The minimum Gasteiger partial charge on any atom is -0.493 e. The molecule has 2 heterocycles. The maximum absolute atomic E-state index is 12.8. The molecule has 1 aromatic rings. The van der Waals surface area contributed by atoms with E-state index >= 15 is 0 Å². The fraction of sp³-hybridized carbons (Fsp3) is 0.588. The van der Waals surface area contributed by atoms with E-state index in [1.165, 1.54) is 0 Å². The van der Waals surface area contributed by atoms with Crippen LogP contribution >= 0.6 is 0 Å². The van der Waals surface area contributed by atoms with Crippen molar-refractivity contribution < 1.29 is 19.0 Å². The molecule has 2 amide bonds. The monoisotopic (exact) mass is 320 g/mol. The van der Waals surface area contributed by atoms with Crippen molar-refractivity contribution in [2.45, 2.75) is 43.9 Å². The lowest BCUT2D eigenvalue weighted by Gasteiger charge is -2.38. The Balaban J connectivity index is 1.76. The molecule has 6 nitrogen and oxygen atoms in total. The Morgan fingerprint density at radius 1 is 1.13 bits per heavy atom. The number of anilines is 1. The number of hydrogen-bond acceptors (Lipinski definition) is 4. The number of urea groups is 1. The Hall–Kier alpha value is -1.95. The van der Waals surface area contributed by atoms with Crippen LogP contribution in [0.3, 0.4) is 0 Å². The molecule has 2 saturated heterocycles. The number of carbonyl (C=O) groups is 1. The van der Waals surface area contributed by atoms with E-state index in [4.69, 9.17) is 14.2 Å². The molecule has 1 aromatic carbocycles. The highest BCUT2D eigenvalue weighted by molar-refractivity contribution is 5.92. The molecule has 0 saturated carbocycles. The summed E-state index contributed by atoms with van der Waals surface area (Å²) in [6, 6.07) is 5.91. The molecule has 0 aromatic heterocycles. The molecule has 126 valence electrons. The van der Waals surface area contributed by atoms with Crippen LogP contribution in [-0.4, -0.2) is 50.4 Å². The minimum atomic E-state index is -0.0707. The first-order valence-corrected chi connectivity index (χ1v) is 8.01. The number of para-hydroxylation sites is 1. The highest BCUT2D eigenvalue weighted by Crippen LogP contribution is 2.39. The summed E-state index contributed by atoms with van der Waals surface area (Å²) in [5, 5.41) is 2.98. The maximum atomic E-state index is 12.8. The third kappa shape index (κ3) is 2.95. The molecule has 2 bridgehead atoms. The van der Waals surface area contributed by atoms with Gasteiger partial charge in [0.05, 0.1) is 26.0 Å². The van der Waals surface area contributed by atoms with Crippen molar-refractivity contribution in [2.24, 2.45) is 0 Å².